The largest absolute Gasteiger partial charge is 0.465 e. The van der Waals surface area contributed by atoms with Crippen molar-refractivity contribution in [1.82, 2.24) is 4.57 Å². The third-order valence-electron chi connectivity index (χ3n) is 3.82. The first-order chi connectivity index (χ1) is 12.1. The molecule has 0 amide bonds. The number of anilines is 1. The first-order valence-electron chi connectivity index (χ1n) is 7.40. The Kier molecular flexibility index (Phi) is 3.69. The third-order valence-corrected chi connectivity index (χ3v) is 4.86. The molecule has 0 fully saturated rings. The zero-order valence-corrected chi connectivity index (χ0v) is 13.7. The van der Waals surface area contributed by atoms with Crippen molar-refractivity contribution in [2.45, 2.75) is 6.67 Å². The van der Waals surface area contributed by atoms with Crippen LogP contribution in [0.5, 0.6) is 0 Å². The quantitative estimate of drug-likeness (QED) is 0.521. The van der Waals surface area contributed by atoms with E-state index in [0.29, 0.717) is 28.4 Å². The summed E-state index contributed by atoms with van der Waals surface area (Å²) in [4.78, 5) is 29.9. The Morgan fingerprint density at radius 3 is 2.76 bits per heavy atom. The first kappa shape index (κ1) is 15.3. The smallest absolute Gasteiger partial charge is 0.271 e. The number of rotatable bonds is 3. The van der Waals surface area contributed by atoms with Crippen LogP contribution in [0.25, 0.3) is 6.08 Å². The van der Waals surface area contributed by atoms with Crippen molar-refractivity contribution in [3.05, 3.63) is 78.2 Å². The summed E-state index contributed by atoms with van der Waals surface area (Å²) in [5.41, 5.74) is 0.669. The standard InChI is InChI=1S/C16H12N4O4S/c21-15-14(8-13-2-1-7-24-13)25-16-17-9-18(10-19(15)16)11-3-5-12(6-4-11)20(22)23/h1-8H,9-10H2. The van der Waals surface area contributed by atoms with Crippen molar-refractivity contribution < 1.29 is 9.34 Å². The summed E-state index contributed by atoms with van der Waals surface area (Å²) in [6, 6.07) is 9.74. The summed E-state index contributed by atoms with van der Waals surface area (Å²) >= 11 is 1.32. The van der Waals surface area contributed by atoms with Crippen molar-refractivity contribution >= 4 is 28.8 Å². The molecule has 0 saturated carbocycles. The van der Waals surface area contributed by atoms with E-state index in [9.17, 15) is 14.9 Å². The van der Waals surface area contributed by atoms with E-state index in [1.807, 2.05) is 4.90 Å². The maximum absolute atomic E-state index is 12.6. The number of hydrogen-bond acceptors (Lipinski definition) is 7. The molecule has 1 aliphatic heterocycles. The van der Waals surface area contributed by atoms with Crippen LogP contribution in [0, 0.1) is 10.1 Å². The maximum Gasteiger partial charge on any atom is 0.271 e. The highest BCUT2D eigenvalue weighted by molar-refractivity contribution is 7.07. The Morgan fingerprint density at radius 2 is 2.08 bits per heavy atom. The van der Waals surface area contributed by atoms with Crippen LogP contribution in [0.15, 0.2) is 56.9 Å². The number of non-ortho nitro benzene ring substituents is 1. The third kappa shape index (κ3) is 2.85. The van der Waals surface area contributed by atoms with Crippen LogP contribution in [-0.2, 0) is 6.67 Å². The lowest BCUT2D eigenvalue weighted by atomic mass is 10.2. The minimum atomic E-state index is -0.442. The number of benzene rings is 1. The number of nitro benzene ring substituents is 1. The number of nitrogens with zero attached hydrogens (tertiary/aromatic N) is 4. The van der Waals surface area contributed by atoms with Gasteiger partial charge in [-0.2, -0.15) is 0 Å². The van der Waals surface area contributed by atoms with Crippen LogP contribution < -0.4 is 19.8 Å². The van der Waals surface area contributed by atoms with E-state index in [2.05, 4.69) is 4.99 Å². The van der Waals surface area contributed by atoms with E-state index >= 15 is 0 Å². The highest BCUT2D eigenvalue weighted by Crippen LogP contribution is 2.20. The molecule has 3 heterocycles. The van der Waals surface area contributed by atoms with Crippen molar-refractivity contribution in [2.24, 2.45) is 4.99 Å². The molecule has 0 unspecified atom stereocenters. The van der Waals surface area contributed by atoms with E-state index in [1.54, 1.807) is 41.2 Å². The zero-order chi connectivity index (χ0) is 17.4. The molecule has 126 valence electrons. The fraction of sp³-hybridized carbons (Fsp3) is 0.125. The normalized spacial score (nSPS) is 14.2. The second kappa shape index (κ2) is 6.02. The molecule has 3 aromatic rings. The van der Waals surface area contributed by atoms with Gasteiger partial charge in [-0.05, 0) is 24.3 Å². The summed E-state index contributed by atoms with van der Waals surface area (Å²) in [5, 5.41) is 10.7. The number of aromatic nitrogens is 1. The van der Waals surface area contributed by atoms with Gasteiger partial charge in [0.2, 0.25) is 0 Å². The Bertz CT molecular complexity index is 1100. The van der Waals surface area contributed by atoms with Gasteiger partial charge in [-0.25, -0.2) is 4.99 Å². The molecule has 8 nitrogen and oxygen atoms in total. The lowest BCUT2D eigenvalue weighted by Gasteiger charge is -2.25. The van der Waals surface area contributed by atoms with Crippen LogP contribution in [0.3, 0.4) is 0 Å². The van der Waals surface area contributed by atoms with E-state index < -0.39 is 4.92 Å². The topological polar surface area (TPSA) is 93.9 Å². The molecule has 0 aliphatic carbocycles. The second-order valence-electron chi connectivity index (χ2n) is 5.40. The number of furan rings is 1. The summed E-state index contributed by atoms with van der Waals surface area (Å²) in [7, 11) is 0. The minimum Gasteiger partial charge on any atom is -0.465 e. The Labute approximate surface area is 144 Å². The van der Waals surface area contributed by atoms with Crippen LogP contribution in [0.4, 0.5) is 11.4 Å². The minimum absolute atomic E-state index is 0.0291. The molecule has 0 radical (unpaired) electrons. The van der Waals surface area contributed by atoms with Gasteiger partial charge in [-0.1, -0.05) is 11.3 Å². The molecular formula is C16H12N4O4S. The zero-order valence-electron chi connectivity index (χ0n) is 12.9. The highest BCUT2D eigenvalue weighted by atomic mass is 32.1. The molecule has 4 rings (SSSR count). The van der Waals surface area contributed by atoms with E-state index in [1.165, 1.54) is 23.5 Å². The van der Waals surface area contributed by atoms with Gasteiger partial charge in [0, 0.05) is 23.9 Å². The van der Waals surface area contributed by atoms with Gasteiger partial charge in [0.25, 0.3) is 11.2 Å². The number of fused-ring (bicyclic) bond motifs is 1. The molecule has 0 saturated heterocycles. The monoisotopic (exact) mass is 356 g/mol. The van der Waals surface area contributed by atoms with Gasteiger partial charge in [0.15, 0.2) is 4.80 Å². The van der Waals surface area contributed by atoms with Crippen molar-refractivity contribution in [3.8, 4) is 0 Å². The summed E-state index contributed by atoms with van der Waals surface area (Å²) in [6.07, 6.45) is 3.25. The van der Waals surface area contributed by atoms with Gasteiger partial charge >= 0.3 is 0 Å². The predicted octanol–water partition coefficient (Wildman–Crippen LogP) is 1.29. The van der Waals surface area contributed by atoms with Crippen molar-refractivity contribution in [3.63, 3.8) is 0 Å². The molecule has 0 atom stereocenters. The van der Waals surface area contributed by atoms with Gasteiger partial charge in [0.1, 0.15) is 19.1 Å². The Morgan fingerprint density at radius 1 is 1.28 bits per heavy atom. The van der Waals surface area contributed by atoms with Crippen LogP contribution in [0.1, 0.15) is 5.76 Å². The molecule has 0 bridgehead atoms. The average molecular weight is 356 g/mol. The molecular weight excluding hydrogens is 344 g/mol. The number of nitro groups is 1. The molecule has 0 spiro atoms. The summed E-state index contributed by atoms with van der Waals surface area (Å²) in [6.45, 7) is 0.732. The Hall–Kier alpha value is -3.20. The average Bonchev–Trinajstić information content (AvgIpc) is 3.24. The molecule has 9 heteroatoms. The first-order valence-corrected chi connectivity index (χ1v) is 8.22. The van der Waals surface area contributed by atoms with E-state index in [0.717, 1.165) is 5.69 Å². The number of thiazole rings is 1. The number of hydrogen-bond donors (Lipinski definition) is 0. The maximum atomic E-state index is 12.6. The van der Waals surface area contributed by atoms with Gasteiger partial charge in [0.05, 0.1) is 15.7 Å². The molecule has 25 heavy (non-hydrogen) atoms. The molecule has 0 N–H and O–H groups in total. The fourth-order valence-corrected chi connectivity index (χ4v) is 3.51. The predicted molar refractivity (Wildman–Crippen MR) is 92.1 cm³/mol. The van der Waals surface area contributed by atoms with Gasteiger partial charge in [-0.15, -0.1) is 0 Å². The highest BCUT2D eigenvalue weighted by Gasteiger charge is 2.17. The van der Waals surface area contributed by atoms with Crippen molar-refractivity contribution in [2.75, 3.05) is 11.6 Å². The SMILES string of the molecule is O=c1c(=Cc2ccco2)sc2n1CN(c1ccc([N+](=O)[O-])cc1)CN=2. The second-order valence-corrected chi connectivity index (χ2v) is 6.41. The van der Waals surface area contributed by atoms with Crippen LogP contribution in [-0.4, -0.2) is 16.2 Å². The lowest BCUT2D eigenvalue weighted by molar-refractivity contribution is -0.384. The van der Waals surface area contributed by atoms with Crippen molar-refractivity contribution in [1.29, 1.82) is 0 Å². The Balaban J connectivity index is 1.67. The van der Waals surface area contributed by atoms with E-state index in [4.69, 9.17) is 4.42 Å². The summed E-state index contributed by atoms with van der Waals surface area (Å²) < 4.78 is 7.39. The van der Waals surface area contributed by atoms with Crippen LogP contribution >= 0.6 is 11.3 Å². The van der Waals surface area contributed by atoms with Gasteiger partial charge in [-0.3, -0.25) is 19.5 Å². The van der Waals surface area contributed by atoms with E-state index in [-0.39, 0.29) is 11.2 Å². The lowest BCUT2D eigenvalue weighted by Crippen LogP contribution is -2.42. The summed E-state index contributed by atoms with van der Waals surface area (Å²) in [5.74, 6) is 0.614. The van der Waals surface area contributed by atoms with Gasteiger partial charge < -0.3 is 9.32 Å². The fourth-order valence-electron chi connectivity index (χ4n) is 2.56. The van der Waals surface area contributed by atoms with Crippen LogP contribution in [0.2, 0.25) is 0 Å². The molecule has 1 aliphatic rings. The molecule has 2 aromatic heterocycles. The molecule has 1 aromatic carbocycles.